The summed E-state index contributed by atoms with van der Waals surface area (Å²) in [6.45, 7) is 3.43. The van der Waals surface area contributed by atoms with Gasteiger partial charge in [0.1, 0.15) is 22.8 Å². The summed E-state index contributed by atoms with van der Waals surface area (Å²) in [6.07, 6.45) is 6.44. The molecule has 2 aromatic carbocycles. The van der Waals surface area contributed by atoms with Crippen molar-refractivity contribution in [3.63, 3.8) is 0 Å². The fourth-order valence-corrected chi connectivity index (χ4v) is 5.03. The van der Waals surface area contributed by atoms with Gasteiger partial charge in [0.2, 0.25) is 0 Å². The summed E-state index contributed by atoms with van der Waals surface area (Å²) >= 11 is 0. The molecule has 2 N–H and O–H groups in total. The largest absolute Gasteiger partial charge is 0.497 e. The predicted molar refractivity (Wildman–Crippen MR) is 150 cm³/mol. The van der Waals surface area contributed by atoms with Crippen LogP contribution in [-0.2, 0) is 17.9 Å². The third kappa shape index (κ3) is 6.22. The fourth-order valence-electron chi connectivity index (χ4n) is 5.03. The third-order valence-corrected chi connectivity index (χ3v) is 7.23. The van der Waals surface area contributed by atoms with E-state index in [2.05, 4.69) is 9.97 Å². The van der Waals surface area contributed by atoms with E-state index in [1.807, 2.05) is 47.9 Å². The van der Waals surface area contributed by atoms with Gasteiger partial charge in [-0.05, 0) is 61.1 Å². The minimum atomic E-state index is -0.0276. The number of aromatic nitrogens is 4. The highest BCUT2D eigenvalue weighted by molar-refractivity contribution is 5.69. The third-order valence-electron chi connectivity index (χ3n) is 7.23. The first-order valence-corrected chi connectivity index (χ1v) is 13.6. The molecule has 0 amide bonds. The average molecular weight is 548 g/mol. The van der Waals surface area contributed by atoms with E-state index < -0.39 is 0 Å². The monoisotopic (exact) mass is 547 g/mol. The molecule has 5 rings (SSSR count). The number of nitrogens with zero attached hydrogens (tertiary/aromatic N) is 3. The van der Waals surface area contributed by atoms with Crippen LogP contribution < -0.4 is 24.4 Å². The summed E-state index contributed by atoms with van der Waals surface area (Å²) < 4.78 is 30.5. The summed E-state index contributed by atoms with van der Waals surface area (Å²) in [5, 5.41) is 8.35. The Morgan fingerprint density at radius 2 is 1.73 bits per heavy atom. The maximum absolute atomic E-state index is 8.35. The Kier molecular flexibility index (Phi) is 8.54. The number of H-pyrrole nitrogens is 1. The Morgan fingerprint density at radius 3 is 2.42 bits per heavy atom. The molecule has 0 bridgehead atoms. The zero-order valence-electron chi connectivity index (χ0n) is 23.5. The van der Waals surface area contributed by atoms with Crippen molar-refractivity contribution in [3.05, 3.63) is 65.2 Å². The van der Waals surface area contributed by atoms with Crippen LogP contribution in [0.15, 0.2) is 42.7 Å². The number of benzene rings is 2. The van der Waals surface area contributed by atoms with Crippen molar-refractivity contribution in [2.75, 3.05) is 27.9 Å². The Bertz CT molecular complexity index is 1490. The number of imidazole rings is 1. The molecule has 1 saturated carbocycles. The number of fused-ring (bicyclic) bond motifs is 1. The van der Waals surface area contributed by atoms with Crippen molar-refractivity contribution in [2.24, 2.45) is 0 Å². The molecular formula is C30H37N5O5. The van der Waals surface area contributed by atoms with Gasteiger partial charge in [-0.3, -0.25) is 5.41 Å². The normalized spacial score (nSPS) is 14.4. The van der Waals surface area contributed by atoms with Gasteiger partial charge in [0.05, 0.1) is 53.5 Å². The summed E-state index contributed by atoms with van der Waals surface area (Å²) in [4.78, 5) is 12.5. The lowest BCUT2D eigenvalue weighted by Gasteiger charge is -2.17. The number of hydrogen-bond donors (Lipinski definition) is 2. The molecule has 0 spiro atoms. The van der Waals surface area contributed by atoms with E-state index >= 15 is 0 Å². The van der Waals surface area contributed by atoms with Crippen molar-refractivity contribution >= 4 is 11.2 Å². The Balaban J connectivity index is 1.31. The highest BCUT2D eigenvalue weighted by atomic mass is 16.5. The minimum absolute atomic E-state index is 0.0276. The van der Waals surface area contributed by atoms with Crippen LogP contribution in [0.4, 0.5) is 0 Å². The van der Waals surface area contributed by atoms with Gasteiger partial charge < -0.3 is 33.2 Å². The van der Waals surface area contributed by atoms with Crippen molar-refractivity contribution in [2.45, 2.75) is 57.8 Å². The first kappa shape index (κ1) is 27.5. The Morgan fingerprint density at radius 1 is 0.975 bits per heavy atom. The summed E-state index contributed by atoms with van der Waals surface area (Å²) in [5.41, 5.74) is 3.42. The van der Waals surface area contributed by atoms with Gasteiger partial charge in [0.15, 0.2) is 22.6 Å². The second-order valence-electron chi connectivity index (χ2n) is 10.2. The summed E-state index contributed by atoms with van der Waals surface area (Å²) in [5.74, 6) is 3.65. The maximum Gasteiger partial charge on any atom is 0.173 e. The lowest BCUT2D eigenvalue weighted by Crippen LogP contribution is -2.14. The van der Waals surface area contributed by atoms with Gasteiger partial charge in [-0.2, -0.15) is 0 Å². The molecule has 10 heteroatoms. The molecule has 2 aromatic heterocycles. The fraction of sp³-hybridized carbons (Fsp3) is 0.433. The van der Waals surface area contributed by atoms with Crippen LogP contribution in [0.25, 0.3) is 11.2 Å². The van der Waals surface area contributed by atoms with Crippen LogP contribution in [0.1, 0.15) is 55.5 Å². The molecule has 1 unspecified atom stereocenters. The summed E-state index contributed by atoms with van der Waals surface area (Å²) in [7, 11) is 4.92. The van der Waals surface area contributed by atoms with Crippen LogP contribution in [0.2, 0.25) is 0 Å². The van der Waals surface area contributed by atoms with Crippen LogP contribution in [0.5, 0.6) is 23.0 Å². The number of rotatable bonds is 12. The van der Waals surface area contributed by atoms with Crippen LogP contribution >= 0.6 is 0 Å². The van der Waals surface area contributed by atoms with Crippen molar-refractivity contribution in [3.8, 4) is 23.0 Å². The Hall–Kier alpha value is -4.05. The molecule has 10 nitrogen and oxygen atoms in total. The van der Waals surface area contributed by atoms with Crippen LogP contribution in [-0.4, -0.2) is 53.6 Å². The average Bonchev–Trinajstić information content (AvgIpc) is 3.66. The smallest absolute Gasteiger partial charge is 0.173 e. The van der Waals surface area contributed by atoms with E-state index in [0.29, 0.717) is 30.9 Å². The number of ether oxygens (including phenoxy) is 5. The van der Waals surface area contributed by atoms with Crippen molar-refractivity contribution < 1.29 is 23.7 Å². The SMILES string of the molecule is COc1cc(COCC(C)c2nc3c([nH]2)c(=N)ncn3Cc2ccc(OC)c(OC3CCCC3)c2)cc(OC)c1. The highest BCUT2D eigenvalue weighted by Crippen LogP contribution is 2.33. The first-order valence-electron chi connectivity index (χ1n) is 13.6. The number of aromatic amines is 1. The zero-order chi connectivity index (χ0) is 28.1. The van der Waals surface area contributed by atoms with Gasteiger partial charge in [0, 0.05) is 12.0 Å². The topological polar surface area (TPSA) is 117 Å². The lowest BCUT2D eigenvalue weighted by molar-refractivity contribution is 0.108. The van der Waals surface area contributed by atoms with Gasteiger partial charge in [-0.1, -0.05) is 13.0 Å². The van der Waals surface area contributed by atoms with E-state index in [-0.39, 0.29) is 17.5 Å². The van der Waals surface area contributed by atoms with Gasteiger partial charge in [-0.25, -0.2) is 9.97 Å². The second-order valence-corrected chi connectivity index (χ2v) is 10.2. The number of nitrogens with one attached hydrogen (secondary N) is 2. The Labute approximate surface area is 233 Å². The van der Waals surface area contributed by atoms with Gasteiger partial charge >= 0.3 is 0 Å². The minimum Gasteiger partial charge on any atom is -0.497 e. The molecule has 1 fully saturated rings. The quantitative estimate of drug-likeness (QED) is 0.258. The van der Waals surface area contributed by atoms with E-state index in [1.165, 1.54) is 12.8 Å². The van der Waals surface area contributed by atoms with E-state index in [1.54, 1.807) is 27.7 Å². The predicted octanol–water partition coefficient (Wildman–Crippen LogP) is 4.95. The van der Waals surface area contributed by atoms with Crippen LogP contribution in [0, 0.1) is 5.41 Å². The molecule has 1 aliphatic carbocycles. The molecule has 1 aliphatic rings. The van der Waals surface area contributed by atoms with Crippen molar-refractivity contribution in [1.29, 1.82) is 5.41 Å². The molecule has 0 aliphatic heterocycles. The second kappa shape index (κ2) is 12.4. The van der Waals surface area contributed by atoms with Gasteiger partial charge in [-0.15, -0.1) is 0 Å². The first-order chi connectivity index (χ1) is 19.5. The van der Waals surface area contributed by atoms with Crippen molar-refractivity contribution in [1.82, 2.24) is 19.5 Å². The summed E-state index contributed by atoms with van der Waals surface area (Å²) in [6, 6.07) is 11.7. The number of hydrogen-bond acceptors (Lipinski definition) is 8. The van der Waals surface area contributed by atoms with E-state index in [0.717, 1.165) is 52.8 Å². The molecule has 2 heterocycles. The molecule has 1 atom stereocenters. The molecule has 40 heavy (non-hydrogen) atoms. The standard InChI is InChI=1S/C30H37N5O5/c1-19(16-39-17-21-11-23(36-2)14-24(12-21)37-3)29-33-27-28(31)32-18-35(30(27)34-29)15-20-9-10-25(38-4)26(13-20)40-22-7-5-6-8-22/h9-14,18-19,22,31H,5-8,15-17H2,1-4H3,(H,33,34). The molecule has 4 aromatic rings. The van der Waals surface area contributed by atoms with E-state index in [4.69, 9.17) is 34.1 Å². The van der Waals surface area contributed by atoms with Crippen LogP contribution in [0.3, 0.4) is 0 Å². The number of methoxy groups -OCH3 is 3. The maximum atomic E-state index is 8.35. The van der Waals surface area contributed by atoms with E-state index in [9.17, 15) is 0 Å². The molecule has 212 valence electrons. The zero-order valence-corrected chi connectivity index (χ0v) is 23.5. The lowest BCUT2D eigenvalue weighted by atomic mass is 10.2. The van der Waals surface area contributed by atoms with Gasteiger partial charge in [0.25, 0.3) is 0 Å². The molecule has 0 radical (unpaired) electrons. The highest BCUT2D eigenvalue weighted by Gasteiger charge is 2.19. The molecular weight excluding hydrogens is 510 g/mol. The molecule has 0 saturated heterocycles.